The Morgan fingerprint density at radius 3 is 2.48 bits per heavy atom. The zero-order valence-electron chi connectivity index (χ0n) is 16.3. The molecule has 0 aliphatic carbocycles. The lowest BCUT2D eigenvalue weighted by molar-refractivity contribution is 0.0955. The van der Waals surface area contributed by atoms with Gasteiger partial charge in [0.05, 0.1) is 23.1 Å². The standard InChI is InChI=1S/C25H16ClN3OS/c26-18-8-3-2-7-17(18)22-23(24(30)20-10-5-13-31-20)29-19-9-4-1-6-16(19)11-12-21(29)25(22,14-27)15-28/h1-13,21-23H/t21-,22+,23+/m0/s1. The largest absolute Gasteiger partial charge is 0.351 e. The number of hydrogen-bond acceptors (Lipinski definition) is 5. The molecule has 1 aromatic heterocycles. The van der Waals surface area contributed by atoms with Crippen molar-refractivity contribution in [2.24, 2.45) is 5.41 Å². The summed E-state index contributed by atoms with van der Waals surface area (Å²) in [5, 5.41) is 23.0. The molecule has 3 aromatic rings. The zero-order valence-corrected chi connectivity index (χ0v) is 17.8. The Hall–Kier alpha value is -3.38. The Morgan fingerprint density at radius 1 is 1.03 bits per heavy atom. The number of Topliss-reactive ketones (excluding diaryl/α,β-unsaturated/α-hetero) is 1. The average molecular weight is 442 g/mol. The van der Waals surface area contributed by atoms with Crippen molar-refractivity contribution in [2.45, 2.75) is 18.0 Å². The van der Waals surface area contributed by atoms with E-state index in [1.54, 1.807) is 18.2 Å². The van der Waals surface area contributed by atoms with Gasteiger partial charge in [0.2, 0.25) is 0 Å². The molecule has 5 rings (SSSR count). The topological polar surface area (TPSA) is 67.9 Å². The van der Waals surface area contributed by atoms with Gasteiger partial charge >= 0.3 is 0 Å². The Kier molecular flexibility index (Phi) is 4.67. The third kappa shape index (κ3) is 2.75. The second-order valence-electron chi connectivity index (χ2n) is 7.65. The van der Waals surface area contributed by atoms with Gasteiger partial charge in [-0.3, -0.25) is 4.79 Å². The average Bonchev–Trinajstić information content (AvgIpc) is 3.44. The molecule has 3 atom stereocenters. The Labute approximate surface area is 189 Å². The molecule has 0 amide bonds. The number of carbonyl (C=O) groups excluding carboxylic acids is 1. The van der Waals surface area contributed by atoms with E-state index in [9.17, 15) is 15.3 Å². The molecule has 0 spiro atoms. The van der Waals surface area contributed by atoms with Crippen molar-refractivity contribution < 1.29 is 4.79 Å². The number of halogens is 1. The van der Waals surface area contributed by atoms with Gasteiger partial charge in [-0.15, -0.1) is 11.3 Å². The van der Waals surface area contributed by atoms with Gasteiger partial charge in [0.15, 0.2) is 11.2 Å². The number of nitrogens with zero attached hydrogens (tertiary/aromatic N) is 3. The summed E-state index contributed by atoms with van der Waals surface area (Å²) in [6.07, 6.45) is 3.81. The normalized spacial score (nSPS) is 22.8. The summed E-state index contributed by atoms with van der Waals surface area (Å²) < 4.78 is 0. The molecule has 0 bridgehead atoms. The molecule has 31 heavy (non-hydrogen) atoms. The van der Waals surface area contributed by atoms with Crippen LogP contribution >= 0.6 is 22.9 Å². The Balaban J connectivity index is 1.82. The molecule has 1 saturated heterocycles. The van der Waals surface area contributed by atoms with Crippen LogP contribution in [0.25, 0.3) is 6.08 Å². The number of thiophene rings is 1. The van der Waals surface area contributed by atoms with Crippen LogP contribution < -0.4 is 4.90 Å². The van der Waals surface area contributed by atoms with Gasteiger partial charge in [0, 0.05) is 16.6 Å². The van der Waals surface area contributed by atoms with Gasteiger partial charge in [-0.2, -0.15) is 10.5 Å². The lowest BCUT2D eigenvalue weighted by atomic mass is 9.69. The second-order valence-corrected chi connectivity index (χ2v) is 9.00. The van der Waals surface area contributed by atoms with Crippen molar-refractivity contribution in [3.05, 3.63) is 93.1 Å². The van der Waals surface area contributed by atoms with E-state index in [0.29, 0.717) is 15.5 Å². The third-order valence-corrected chi connectivity index (χ3v) is 7.42. The van der Waals surface area contributed by atoms with Crippen molar-refractivity contribution >= 4 is 40.5 Å². The molecule has 0 unspecified atom stereocenters. The summed E-state index contributed by atoms with van der Waals surface area (Å²) in [5.41, 5.74) is 0.955. The maximum Gasteiger partial charge on any atom is 0.195 e. The smallest absolute Gasteiger partial charge is 0.195 e. The fraction of sp³-hybridized carbons (Fsp3) is 0.160. The first-order chi connectivity index (χ1) is 15.1. The summed E-state index contributed by atoms with van der Waals surface area (Å²) in [7, 11) is 0. The summed E-state index contributed by atoms with van der Waals surface area (Å²) >= 11 is 7.94. The predicted molar refractivity (Wildman–Crippen MR) is 122 cm³/mol. The van der Waals surface area contributed by atoms with Crippen LogP contribution in [0.2, 0.25) is 5.02 Å². The highest BCUT2D eigenvalue weighted by Gasteiger charge is 2.63. The molecule has 3 heterocycles. The first kappa shape index (κ1) is 19.6. The van der Waals surface area contributed by atoms with E-state index < -0.39 is 23.4 Å². The third-order valence-electron chi connectivity index (χ3n) is 6.19. The van der Waals surface area contributed by atoms with Gasteiger partial charge in [0.25, 0.3) is 0 Å². The molecule has 1 fully saturated rings. The monoisotopic (exact) mass is 441 g/mol. The molecule has 0 N–H and O–H groups in total. The Morgan fingerprint density at radius 2 is 1.77 bits per heavy atom. The van der Waals surface area contributed by atoms with Crippen molar-refractivity contribution in [3.63, 3.8) is 0 Å². The van der Waals surface area contributed by atoms with E-state index in [4.69, 9.17) is 11.6 Å². The molecule has 0 saturated carbocycles. The fourth-order valence-electron chi connectivity index (χ4n) is 4.87. The number of benzene rings is 2. The first-order valence-electron chi connectivity index (χ1n) is 9.82. The fourth-order valence-corrected chi connectivity index (χ4v) is 5.82. The molecular formula is C25H16ClN3OS. The van der Waals surface area contributed by atoms with Crippen LogP contribution in [0.1, 0.15) is 26.7 Å². The summed E-state index contributed by atoms with van der Waals surface area (Å²) in [4.78, 5) is 16.4. The molecule has 2 aromatic carbocycles. The molecule has 2 aliphatic rings. The zero-order chi connectivity index (χ0) is 21.6. The predicted octanol–water partition coefficient (Wildman–Crippen LogP) is 5.69. The quantitative estimate of drug-likeness (QED) is 0.490. The van der Waals surface area contributed by atoms with Crippen molar-refractivity contribution in [3.8, 4) is 12.1 Å². The van der Waals surface area contributed by atoms with E-state index in [2.05, 4.69) is 12.1 Å². The lowest BCUT2D eigenvalue weighted by Gasteiger charge is -2.35. The van der Waals surface area contributed by atoms with Gasteiger partial charge in [-0.1, -0.05) is 66.2 Å². The number of anilines is 1. The molecule has 150 valence electrons. The van der Waals surface area contributed by atoms with Crippen LogP contribution in [0.5, 0.6) is 0 Å². The van der Waals surface area contributed by atoms with Crippen LogP contribution in [-0.2, 0) is 0 Å². The Bertz CT molecular complexity index is 1270. The van der Waals surface area contributed by atoms with Crippen molar-refractivity contribution in [2.75, 3.05) is 4.90 Å². The van der Waals surface area contributed by atoms with Crippen molar-refractivity contribution in [1.29, 1.82) is 10.5 Å². The molecule has 6 heteroatoms. The number of fused-ring (bicyclic) bond motifs is 3. The summed E-state index contributed by atoms with van der Waals surface area (Å²) in [6, 6.07) is 21.9. The van der Waals surface area contributed by atoms with Gasteiger partial charge < -0.3 is 4.90 Å². The first-order valence-corrected chi connectivity index (χ1v) is 11.1. The van der Waals surface area contributed by atoms with Crippen molar-refractivity contribution in [1.82, 2.24) is 0 Å². The highest BCUT2D eigenvalue weighted by Crippen LogP contribution is 2.56. The molecule has 4 nitrogen and oxygen atoms in total. The maximum absolute atomic E-state index is 13.9. The number of hydrogen-bond donors (Lipinski definition) is 0. The summed E-state index contributed by atoms with van der Waals surface area (Å²) in [6.45, 7) is 0. The maximum atomic E-state index is 13.9. The van der Waals surface area contributed by atoms with E-state index in [0.717, 1.165) is 11.3 Å². The van der Waals surface area contributed by atoms with Crippen LogP contribution in [0.3, 0.4) is 0 Å². The SMILES string of the molecule is N#CC1(C#N)[C@H](c2ccccc2Cl)[C@H](C(=O)c2cccs2)N2c3ccccc3C=C[C@H]21. The minimum atomic E-state index is -1.48. The van der Waals surface area contributed by atoms with E-state index >= 15 is 0 Å². The van der Waals surface area contributed by atoms with Crippen LogP contribution in [0.15, 0.2) is 72.1 Å². The molecule has 0 radical (unpaired) electrons. The number of ketones is 1. The van der Waals surface area contributed by atoms with Gasteiger partial charge in [-0.25, -0.2) is 0 Å². The highest BCUT2D eigenvalue weighted by molar-refractivity contribution is 7.12. The van der Waals surface area contributed by atoms with Crippen LogP contribution in [-0.4, -0.2) is 17.9 Å². The van der Waals surface area contributed by atoms with E-state index in [1.165, 1.54) is 11.3 Å². The second kappa shape index (κ2) is 7.39. The summed E-state index contributed by atoms with van der Waals surface area (Å²) in [5.74, 6) is -0.825. The number of rotatable bonds is 3. The van der Waals surface area contributed by atoms with Crippen LogP contribution in [0.4, 0.5) is 5.69 Å². The highest BCUT2D eigenvalue weighted by atomic mass is 35.5. The number of para-hydroxylation sites is 1. The number of carbonyl (C=O) groups is 1. The number of nitriles is 2. The van der Waals surface area contributed by atoms with E-state index in [1.807, 2.05) is 64.9 Å². The minimum Gasteiger partial charge on any atom is -0.351 e. The van der Waals surface area contributed by atoms with Gasteiger partial charge in [0.1, 0.15) is 6.04 Å². The minimum absolute atomic E-state index is 0.109. The van der Waals surface area contributed by atoms with Crippen LogP contribution in [0, 0.1) is 28.1 Å². The lowest BCUT2D eigenvalue weighted by Crippen LogP contribution is -2.44. The molecule has 2 aliphatic heterocycles. The van der Waals surface area contributed by atoms with Gasteiger partial charge in [-0.05, 0) is 34.7 Å². The molecular weight excluding hydrogens is 426 g/mol. The van der Waals surface area contributed by atoms with E-state index in [-0.39, 0.29) is 5.78 Å².